The number of benzene rings is 1. The quantitative estimate of drug-likeness (QED) is 0.829. The zero-order chi connectivity index (χ0) is 13.6. The first-order valence-electron chi connectivity index (χ1n) is 5.72. The van der Waals surface area contributed by atoms with E-state index in [0.717, 1.165) is 5.75 Å². The van der Waals surface area contributed by atoms with Gasteiger partial charge in [-0.3, -0.25) is 4.79 Å². The van der Waals surface area contributed by atoms with Crippen molar-refractivity contribution in [3.63, 3.8) is 0 Å². The molecule has 0 atom stereocenters. The molecule has 0 heterocycles. The highest BCUT2D eigenvalue weighted by atomic mass is 32.2. The number of ether oxygens (including phenoxy) is 1. The van der Waals surface area contributed by atoms with Gasteiger partial charge in [-0.1, -0.05) is 12.1 Å². The Morgan fingerprint density at radius 3 is 2.72 bits per heavy atom. The molecule has 1 rings (SSSR count). The fraction of sp³-hybridized carbons (Fsp3) is 0.462. The molecular weight excluding hydrogens is 248 g/mol. The average molecular weight is 268 g/mol. The van der Waals surface area contributed by atoms with E-state index >= 15 is 0 Å². The number of anilines is 1. The molecule has 3 N–H and O–H groups in total. The lowest BCUT2D eigenvalue weighted by molar-refractivity contribution is -0.113. The maximum absolute atomic E-state index is 11.7. The SMILES string of the molecule is COc1ccccc1NC(=O)CSCC(C)(C)N. The third-order valence-corrected chi connectivity index (χ3v) is 3.50. The first-order valence-corrected chi connectivity index (χ1v) is 6.87. The van der Waals surface area contributed by atoms with E-state index in [4.69, 9.17) is 10.5 Å². The summed E-state index contributed by atoms with van der Waals surface area (Å²) in [5.41, 5.74) is 6.29. The van der Waals surface area contributed by atoms with E-state index in [2.05, 4.69) is 5.32 Å². The molecule has 0 saturated carbocycles. The van der Waals surface area contributed by atoms with Crippen LogP contribution in [0, 0.1) is 0 Å². The topological polar surface area (TPSA) is 64.3 Å². The molecule has 0 unspecified atom stereocenters. The van der Waals surface area contributed by atoms with Gasteiger partial charge < -0.3 is 15.8 Å². The second-order valence-electron chi connectivity index (χ2n) is 4.73. The van der Waals surface area contributed by atoms with Crippen LogP contribution in [-0.2, 0) is 4.79 Å². The van der Waals surface area contributed by atoms with Crippen LogP contribution in [0.25, 0.3) is 0 Å². The van der Waals surface area contributed by atoms with E-state index in [1.165, 1.54) is 11.8 Å². The molecule has 4 nitrogen and oxygen atoms in total. The molecule has 1 amide bonds. The molecule has 18 heavy (non-hydrogen) atoms. The number of carbonyl (C=O) groups is 1. The number of hydrogen-bond donors (Lipinski definition) is 2. The molecule has 0 aliphatic carbocycles. The lowest BCUT2D eigenvalue weighted by atomic mass is 10.1. The molecule has 0 fully saturated rings. The monoisotopic (exact) mass is 268 g/mol. The number of nitrogens with one attached hydrogen (secondary N) is 1. The van der Waals surface area contributed by atoms with Crippen LogP contribution in [-0.4, -0.2) is 30.1 Å². The van der Waals surface area contributed by atoms with Crippen molar-refractivity contribution < 1.29 is 9.53 Å². The Morgan fingerprint density at radius 2 is 2.11 bits per heavy atom. The number of amides is 1. The maximum atomic E-state index is 11.7. The fourth-order valence-corrected chi connectivity index (χ4v) is 2.23. The highest BCUT2D eigenvalue weighted by molar-refractivity contribution is 8.00. The van der Waals surface area contributed by atoms with Gasteiger partial charge in [0.1, 0.15) is 5.75 Å². The van der Waals surface area contributed by atoms with Crippen LogP contribution in [0.1, 0.15) is 13.8 Å². The molecule has 0 saturated heterocycles. The van der Waals surface area contributed by atoms with Crippen molar-refractivity contribution >= 4 is 23.4 Å². The summed E-state index contributed by atoms with van der Waals surface area (Å²) < 4.78 is 5.16. The summed E-state index contributed by atoms with van der Waals surface area (Å²) in [6.45, 7) is 3.89. The summed E-state index contributed by atoms with van der Waals surface area (Å²) in [5.74, 6) is 1.74. The number of methoxy groups -OCH3 is 1. The second kappa shape index (κ2) is 6.66. The molecule has 0 aromatic heterocycles. The van der Waals surface area contributed by atoms with Crippen LogP contribution in [0.5, 0.6) is 5.75 Å². The lowest BCUT2D eigenvalue weighted by Crippen LogP contribution is -2.35. The van der Waals surface area contributed by atoms with E-state index in [9.17, 15) is 4.79 Å². The van der Waals surface area contributed by atoms with E-state index in [1.54, 1.807) is 7.11 Å². The first-order chi connectivity index (χ1) is 8.42. The predicted molar refractivity (Wildman–Crippen MR) is 77.2 cm³/mol. The standard InChI is InChI=1S/C13H20N2O2S/c1-13(2,14)9-18-8-12(16)15-10-6-4-5-7-11(10)17-3/h4-7H,8-9,14H2,1-3H3,(H,15,16). The summed E-state index contributed by atoms with van der Waals surface area (Å²) in [4.78, 5) is 11.7. The molecule has 0 spiro atoms. The normalized spacial score (nSPS) is 11.1. The number of para-hydroxylation sites is 2. The van der Waals surface area contributed by atoms with Crippen molar-refractivity contribution in [2.24, 2.45) is 5.73 Å². The minimum atomic E-state index is -0.255. The van der Waals surface area contributed by atoms with Crippen molar-refractivity contribution in [3.8, 4) is 5.75 Å². The smallest absolute Gasteiger partial charge is 0.234 e. The third-order valence-electron chi connectivity index (χ3n) is 2.09. The number of rotatable bonds is 6. The summed E-state index contributed by atoms with van der Waals surface area (Å²) in [5, 5.41) is 2.82. The molecule has 0 aliphatic rings. The zero-order valence-corrected chi connectivity index (χ0v) is 11.8. The van der Waals surface area contributed by atoms with E-state index in [1.807, 2.05) is 38.1 Å². The first kappa shape index (κ1) is 14.9. The molecule has 100 valence electrons. The van der Waals surface area contributed by atoms with E-state index in [-0.39, 0.29) is 11.4 Å². The summed E-state index contributed by atoms with van der Waals surface area (Å²) >= 11 is 1.52. The Bertz CT molecular complexity index is 402. The van der Waals surface area contributed by atoms with Gasteiger partial charge in [0.25, 0.3) is 0 Å². The number of hydrogen-bond acceptors (Lipinski definition) is 4. The van der Waals surface area contributed by atoms with Crippen LogP contribution in [0.4, 0.5) is 5.69 Å². The van der Waals surface area contributed by atoms with Crippen LogP contribution in [0.3, 0.4) is 0 Å². The molecule has 0 aliphatic heterocycles. The van der Waals surface area contributed by atoms with Crippen molar-refractivity contribution in [2.45, 2.75) is 19.4 Å². The zero-order valence-electron chi connectivity index (χ0n) is 11.0. The summed E-state index contributed by atoms with van der Waals surface area (Å²) in [6.07, 6.45) is 0. The Kier molecular flexibility index (Phi) is 5.50. The van der Waals surface area contributed by atoms with Gasteiger partial charge in [0, 0.05) is 11.3 Å². The Morgan fingerprint density at radius 1 is 1.44 bits per heavy atom. The minimum Gasteiger partial charge on any atom is -0.495 e. The van der Waals surface area contributed by atoms with Gasteiger partial charge in [0.05, 0.1) is 18.6 Å². The Hall–Kier alpha value is -1.20. The third kappa shape index (κ3) is 5.42. The van der Waals surface area contributed by atoms with Gasteiger partial charge in [-0.05, 0) is 26.0 Å². The molecule has 5 heteroatoms. The fourth-order valence-electron chi connectivity index (χ4n) is 1.34. The predicted octanol–water partition coefficient (Wildman–Crippen LogP) is 2.10. The van der Waals surface area contributed by atoms with Gasteiger partial charge in [-0.15, -0.1) is 0 Å². The number of carbonyl (C=O) groups excluding carboxylic acids is 1. The molecular formula is C13H20N2O2S. The summed E-state index contributed by atoms with van der Waals surface area (Å²) in [6, 6.07) is 7.34. The molecule has 1 aromatic rings. The highest BCUT2D eigenvalue weighted by Crippen LogP contribution is 2.23. The van der Waals surface area contributed by atoms with Crippen molar-refractivity contribution in [2.75, 3.05) is 23.9 Å². The second-order valence-corrected chi connectivity index (χ2v) is 5.72. The minimum absolute atomic E-state index is 0.0475. The van der Waals surface area contributed by atoms with Gasteiger partial charge in [0.2, 0.25) is 5.91 Å². The maximum Gasteiger partial charge on any atom is 0.234 e. The van der Waals surface area contributed by atoms with Crippen LogP contribution >= 0.6 is 11.8 Å². The van der Waals surface area contributed by atoms with E-state index < -0.39 is 0 Å². The number of thioether (sulfide) groups is 1. The molecule has 0 bridgehead atoms. The van der Waals surface area contributed by atoms with E-state index in [0.29, 0.717) is 17.2 Å². The van der Waals surface area contributed by atoms with Gasteiger partial charge in [0.15, 0.2) is 0 Å². The van der Waals surface area contributed by atoms with Gasteiger partial charge in [-0.2, -0.15) is 11.8 Å². The summed E-state index contributed by atoms with van der Waals surface area (Å²) in [7, 11) is 1.58. The van der Waals surface area contributed by atoms with Crippen LogP contribution in [0.15, 0.2) is 24.3 Å². The molecule has 0 radical (unpaired) electrons. The largest absolute Gasteiger partial charge is 0.495 e. The van der Waals surface area contributed by atoms with Crippen molar-refractivity contribution in [3.05, 3.63) is 24.3 Å². The Balaban J connectivity index is 2.45. The number of nitrogens with two attached hydrogens (primary N) is 1. The Labute approximate surface area is 112 Å². The van der Waals surface area contributed by atoms with Crippen molar-refractivity contribution in [1.29, 1.82) is 0 Å². The average Bonchev–Trinajstić information content (AvgIpc) is 2.28. The van der Waals surface area contributed by atoms with Crippen molar-refractivity contribution in [1.82, 2.24) is 0 Å². The lowest BCUT2D eigenvalue weighted by Gasteiger charge is -2.17. The van der Waals surface area contributed by atoms with Gasteiger partial charge in [-0.25, -0.2) is 0 Å². The van der Waals surface area contributed by atoms with Gasteiger partial charge >= 0.3 is 0 Å². The van der Waals surface area contributed by atoms with Crippen LogP contribution < -0.4 is 15.8 Å². The molecule has 1 aromatic carbocycles. The van der Waals surface area contributed by atoms with Crippen LogP contribution in [0.2, 0.25) is 0 Å². The highest BCUT2D eigenvalue weighted by Gasteiger charge is 2.12.